The van der Waals surface area contributed by atoms with Crippen LogP contribution in [0, 0.1) is 33.1 Å². The van der Waals surface area contributed by atoms with E-state index in [1.54, 1.807) is 0 Å². The van der Waals surface area contributed by atoms with Gasteiger partial charge in [-0.25, -0.2) is 0 Å². The molecule has 8 nitrogen and oxygen atoms in total. The van der Waals surface area contributed by atoms with Gasteiger partial charge in [-0.3, -0.25) is 25.0 Å². The zero-order chi connectivity index (χ0) is 15.7. The van der Waals surface area contributed by atoms with E-state index in [1.165, 1.54) is 19.1 Å². The van der Waals surface area contributed by atoms with Gasteiger partial charge < -0.3 is 4.90 Å². The minimum absolute atomic E-state index is 0.0157. The lowest BCUT2D eigenvalue weighted by atomic mass is 10.1. The van der Waals surface area contributed by atoms with Crippen LogP contribution in [0.25, 0.3) is 0 Å². The third kappa shape index (κ3) is 2.87. The van der Waals surface area contributed by atoms with Gasteiger partial charge in [0, 0.05) is 30.4 Å². The number of carbonyl (C=O) groups excluding carboxylic acids is 1. The lowest BCUT2D eigenvalue weighted by Gasteiger charge is -2.16. The van der Waals surface area contributed by atoms with Gasteiger partial charge >= 0.3 is 0 Å². The number of halogens is 1. The quantitative estimate of drug-likeness (QED) is 0.467. The van der Waals surface area contributed by atoms with E-state index in [2.05, 4.69) is 15.9 Å². The SMILES string of the molecule is Cc1cc([N+](=O)[O-])c(N2CC(CBr)CC2=O)c([N+](=O)[O-])c1. The average Bonchev–Trinajstić information content (AvgIpc) is 2.78. The number of hydrogen-bond acceptors (Lipinski definition) is 5. The fraction of sp³-hybridized carbons (Fsp3) is 0.417. The summed E-state index contributed by atoms with van der Waals surface area (Å²) in [5.74, 6) is -0.354. The van der Waals surface area contributed by atoms with Gasteiger partial charge in [0.05, 0.1) is 9.85 Å². The van der Waals surface area contributed by atoms with Crippen molar-refractivity contribution in [1.29, 1.82) is 0 Å². The van der Waals surface area contributed by atoms with Crippen molar-refractivity contribution in [1.82, 2.24) is 0 Å². The van der Waals surface area contributed by atoms with Crippen molar-refractivity contribution in [2.45, 2.75) is 13.3 Å². The molecule has 1 saturated heterocycles. The number of aryl methyl sites for hydroxylation is 1. The fourth-order valence-corrected chi connectivity index (χ4v) is 2.83. The van der Waals surface area contributed by atoms with Crippen LogP contribution >= 0.6 is 15.9 Å². The smallest absolute Gasteiger partial charge is 0.300 e. The molecule has 21 heavy (non-hydrogen) atoms. The topological polar surface area (TPSA) is 107 Å². The van der Waals surface area contributed by atoms with Gasteiger partial charge in [-0.15, -0.1) is 0 Å². The summed E-state index contributed by atoms with van der Waals surface area (Å²) in [4.78, 5) is 34.2. The van der Waals surface area contributed by atoms with Crippen LogP contribution in [0.5, 0.6) is 0 Å². The molecule has 1 aromatic rings. The number of rotatable bonds is 4. The van der Waals surface area contributed by atoms with Crippen LogP contribution in [-0.4, -0.2) is 27.6 Å². The van der Waals surface area contributed by atoms with E-state index in [-0.39, 0.29) is 30.5 Å². The number of alkyl halides is 1. The second-order valence-electron chi connectivity index (χ2n) is 4.89. The molecule has 1 aliphatic heterocycles. The van der Waals surface area contributed by atoms with Crippen LogP contribution in [0.3, 0.4) is 0 Å². The second kappa shape index (κ2) is 5.76. The molecular weight excluding hydrogens is 346 g/mol. The minimum atomic E-state index is -0.690. The number of benzene rings is 1. The van der Waals surface area contributed by atoms with Gasteiger partial charge in [-0.2, -0.15) is 0 Å². The van der Waals surface area contributed by atoms with Crippen molar-refractivity contribution in [2.24, 2.45) is 5.92 Å². The number of nitro groups is 2. The number of amides is 1. The molecule has 0 saturated carbocycles. The van der Waals surface area contributed by atoms with Crippen LogP contribution in [0.2, 0.25) is 0 Å². The van der Waals surface area contributed by atoms with Crippen LogP contribution in [0.15, 0.2) is 12.1 Å². The summed E-state index contributed by atoms with van der Waals surface area (Å²) in [6.45, 7) is 1.77. The Balaban J connectivity index is 2.63. The van der Waals surface area contributed by atoms with Crippen molar-refractivity contribution in [3.63, 3.8) is 0 Å². The molecule has 1 fully saturated rings. The number of hydrogen-bond donors (Lipinski definition) is 0. The molecule has 1 atom stereocenters. The molecule has 0 N–H and O–H groups in total. The third-order valence-electron chi connectivity index (χ3n) is 3.30. The van der Waals surface area contributed by atoms with E-state index in [0.29, 0.717) is 10.9 Å². The summed E-state index contributed by atoms with van der Waals surface area (Å²) < 4.78 is 0. The molecule has 1 aromatic carbocycles. The Labute approximate surface area is 128 Å². The van der Waals surface area contributed by atoms with E-state index in [4.69, 9.17) is 0 Å². The first-order chi connectivity index (χ1) is 9.85. The first kappa shape index (κ1) is 15.4. The molecule has 112 valence electrons. The highest BCUT2D eigenvalue weighted by Crippen LogP contribution is 2.41. The lowest BCUT2D eigenvalue weighted by molar-refractivity contribution is -0.392. The van der Waals surface area contributed by atoms with E-state index in [0.717, 1.165) is 4.90 Å². The molecule has 1 unspecified atom stereocenters. The third-order valence-corrected chi connectivity index (χ3v) is 4.22. The molecule has 0 bridgehead atoms. The lowest BCUT2D eigenvalue weighted by Crippen LogP contribution is -2.26. The van der Waals surface area contributed by atoms with Crippen molar-refractivity contribution in [3.05, 3.63) is 37.9 Å². The number of nitrogens with zero attached hydrogens (tertiary/aromatic N) is 3. The van der Waals surface area contributed by atoms with Crippen LogP contribution in [0.1, 0.15) is 12.0 Å². The Morgan fingerprint density at radius 2 is 1.81 bits per heavy atom. The van der Waals surface area contributed by atoms with E-state index >= 15 is 0 Å². The Morgan fingerprint density at radius 3 is 2.19 bits per heavy atom. The minimum Gasteiger partial charge on any atom is -0.300 e. The Hall–Kier alpha value is -2.03. The highest BCUT2D eigenvalue weighted by Gasteiger charge is 2.39. The fourth-order valence-electron chi connectivity index (χ4n) is 2.40. The summed E-state index contributed by atoms with van der Waals surface area (Å²) in [5.41, 5.74) is -0.638. The predicted octanol–water partition coefficient (Wildman–Crippen LogP) is 2.56. The molecular formula is C12H12BrN3O5. The van der Waals surface area contributed by atoms with Crippen LogP contribution in [0.4, 0.5) is 17.1 Å². The normalized spacial score (nSPS) is 18.1. The van der Waals surface area contributed by atoms with Gasteiger partial charge in [0.25, 0.3) is 11.4 Å². The summed E-state index contributed by atoms with van der Waals surface area (Å²) in [6.07, 6.45) is 0.216. The van der Waals surface area contributed by atoms with Gasteiger partial charge in [-0.05, 0) is 18.4 Å². The summed E-state index contributed by atoms with van der Waals surface area (Å²) in [7, 11) is 0. The Kier molecular flexibility index (Phi) is 4.21. The molecule has 1 heterocycles. The highest BCUT2D eigenvalue weighted by molar-refractivity contribution is 9.09. The number of anilines is 1. The second-order valence-corrected chi connectivity index (χ2v) is 5.54. The maximum absolute atomic E-state index is 12.0. The summed E-state index contributed by atoms with van der Waals surface area (Å²) >= 11 is 3.26. The van der Waals surface area contributed by atoms with Gasteiger partial charge in [0.2, 0.25) is 11.6 Å². The molecule has 1 aliphatic rings. The predicted molar refractivity (Wildman–Crippen MR) is 78.7 cm³/mol. The van der Waals surface area contributed by atoms with Crippen molar-refractivity contribution in [3.8, 4) is 0 Å². The van der Waals surface area contributed by atoms with Gasteiger partial charge in [0.15, 0.2) is 0 Å². The Bertz CT molecular complexity index is 598. The zero-order valence-corrected chi connectivity index (χ0v) is 12.7. The molecule has 9 heteroatoms. The molecule has 0 spiro atoms. The van der Waals surface area contributed by atoms with Gasteiger partial charge in [0.1, 0.15) is 0 Å². The summed E-state index contributed by atoms with van der Waals surface area (Å²) in [5, 5.41) is 23.0. The van der Waals surface area contributed by atoms with Gasteiger partial charge in [-0.1, -0.05) is 15.9 Å². The monoisotopic (exact) mass is 357 g/mol. The Morgan fingerprint density at radius 1 is 1.29 bits per heavy atom. The molecule has 2 rings (SSSR count). The van der Waals surface area contributed by atoms with Crippen molar-refractivity contribution < 1.29 is 14.6 Å². The van der Waals surface area contributed by atoms with Crippen LogP contribution in [-0.2, 0) is 4.79 Å². The first-order valence-corrected chi connectivity index (χ1v) is 7.27. The molecule has 0 aromatic heterocycles. The largest absolute Gasteiger partial charge is 0.300 e. The number of nitro benzene ring substituents is 2. The molecule has 0 radical (unpaired) electrons. The first-order valence-electron chi connectivity index (χ1n) is 6.15. The van der Waals surface area contributed by atoms with Crippen molar-refractivity contribution in [2.75, 3.05) is 16.8 Å². The highest BCUT2D eigenvalue weighted by atomic mass is 79.9. The van der Waals surface area contributed by atoms with Crippen molar-refractivity contribution >= 4 is 38.9 Å². The van der Waals surface area contributed by atoms with E-state index < -0.39 is 21.2 Å². The molecule has 1 amide bonds. The standard InChI is InChI=1S/C12H12BrN3O5/c1-7-2-9(15(18)19)12(10(3-7)16(20)21)14-6-8(5-13)4-11(14)17/h2-3,8H,4-6H2,1H3. The van der Waals surface area contributed by atoms with E-state index in [9.17, 15) is 25.0 Å². The summed E-state index contributed by atoms with van der Waals surface area (Å²) in [6, 6.07) is 2.49. The average molecular weight is 358 g/mol. The maximum atomic E-state index is 12.0. The van der Waals surface area contributed by atoms with E-state index in [1.807, 2.05) is 0 Å². The van der Waals surface area contributed by atoms with Crippen LogP contribution < -0.4 is 4.90 Å². The zero-order valence-electron chi connectivity index (χ0n) is 11.1. The maximum Gasteiger partial charge on any atom is 0.300 e. The number of carbonyl (C=O) groups is 1. The molecule has 0 aliphatic carbocycles.